The molecule has 0 aromatic carbocycles. The maximum Gasteiger partial charge on any atom is 0.472 e. The van der Waals surface area contributed by atoms with Crippen molar-refractivity contribution < 1.29 is 42.1 Å². The maximum absolute atomic E-state index is 12.5. The second kappa shape index (κ2) is 30.1. The molecule has 0 heterocycles. The van der Waals surface area contributed by atoms with Crippen LogP contribution in [-0.4, -0.2) is 74.9 Å². The van der Waals surface area contributed by atoms with Crippen molar-refractivity contribution in [1.82, 2.24) is 0 Å². The lowest BCUT2D eigenvalue weighted by molar-refractivity contribution is -0.870. The summed E-state index contributed by atoms with van der Waals surface area (Å²) in [4.78, 5) is 34.8. The van der Waals surface area contributed by atoms with Gasteiger partial charge >= 0.3 is 19.8 Å². The van der Waals surface area contributed by atoms with Gasteiger partial charge in [0.25, 0.3) is 0 Å². The van der Waals surface area contributed by atoms with Gasteiger partial charge in [0.05, 0.1) is 27.7 Å². The molecular weight excluding hydrogens is 605 g/mol. The van der Waals surface area contributed by atoms with Crippen molar-refractivity contribution in [2.24, 2.45) is 0 Å². The zero-order chi connectivity index (χ0) is 34.4. The SMILES string of the molecule is CCCCCCCCCCCCCCCCCCCCC(=O)OC(COC(=O)CCCCCC)COP(=O)(O)OCC[N+](C)(C)C. The van der Waals surface area contributed by atoms with Gasteiger partial charge in [-0.15, -0.1) is 0 Å². The maximum atomic E-state index is 12.5. The van der Waals surface area contributed by atoms with Crippen molar-refractivity contribution in [1.29, 1.82) is 0 Å². The number of esters is 2. The lowest BCUT2D eigenvalue weighted by Gasteiger charge is -2.24. The summed E-state index contributed by atoms with van der Waals surface area (Å²) in [6.07, 6.45) is 26.4. The van der Waals surface area contributed by atoms with Gasteiger partial charge in [0, 0.05) is 12.8 Å². The van der Waals surface area contributed by atoms with Crippen molar-refractivity contribution >= 4 is 19.8 Å². The van der Waals surface area contributed by atoms with Crippen LogP contribution in [0.25, 0.3) is 0 Å². The highest BCUT2D eigenvalue weighted by molar-refractivity contribution is 7.47. The molecule has 0 radical (unpaired) electrons. The first-order valence-electron chi connectivity index (χ1n) is 18.8. The number of ether oxygens (including phenoxy) is 2. The van der Waals surface area contributed by atoms with Crippen LogP contribution in [0, 0.1) is 0 Å². The summed E-state index contributed by atoms with van der Waals surface area (Å²) < 4.78 is 33.9. The molecule has 0 saturated heterocycles. The summed E-state index contributed by atoms with van der Waals surface area (Å²) >= 11 is 0. The highest BCUT2D eigenvalue weighted by Crippen LogP contribution is 2.43. The molecule has 274 valence electrons. The Labute approximate surface area is 283 Å². The zero-order valence-corrected chi connectivity index (χ0v) is 31.5. The first-order valence-corrected chi connectivity index (χ1v) is 20.3. The molecule has 9 nitrogen and oxygen atoms in total. The topological polar surface area (TPSA) is 108 Å². The Morgan fingerprint density at radius 3 is 1.41 bits per heavy atom. The van der Waals surface area contributed by atoms with E-state index in [4.69, 9.17) is 18.5 Å². The lowest BCUT2D eigenvalue weighted by atomic mass is 10.0. The Morgan fingerprint density at radius 1 is 0.587 bits per heavy atom. The number of quaternary nitrogens is 1. The smallest absolute Gasteiger partial charge is 0.462 e. The van der Waals surface area contributed by atoms with Gasteiger partial charge in [0.1, 0.15) is 19.8 Å². The quantitative estimate of drug-likeness (QED) is 0.0310. The number of likely N-dealkylation sites (N-methyl/N-ethyl adjacent to an activating group) is 1. The van der Waals surface area contributed by atoms with Crippen LogP contribution >= 0.6 is 7.82 Å². The van der Waals surface area contributed by atoms with Gasteiger partial charge in [-0.25, -0.2) is 4.57 Å². The number of carbonyl (C=O) groups is 2. The van der Waals surface area contributed by atoms with Gasteiger partial charge in [0.15, 0.2) is 6.10 Å². The van der Waals surface area contributed by atoms with E-state index in [1.165, 1.54) is 96.3 Å². The Hall–Kier alpha value is -0.990. The molecule has 0 spiro atoms. The third-order valence-electron chi connectivity index (χ3n) is 8.14. The molecule has 0 aliphatic heterocycles. The van der Waals surface area contributed by atoms with Crippen molar-refractivity contribution in [3.05, 3.63) is 0 Å². The molecule has 46 heavy (non-hydrogen) atoms. The van der Waals surface area contributed by atoms with Crippen LogP contribution in [0.4, 0.5) is 0 Å². The molecule has 0 fully saturated rings. The third kappa shape index (κ3) is 32.9. The normalized spacial score (nSPS) is 13.8. The number of phosphoric ester groups is 1. The van der Waals surface area contributed by atoms with Crippen LogP contribution in [0.2, 0.25) is 0 Å². The van der Waals surface area contributed by atoms with Gasteiger partial charge in [0.2, 0.25) is 0 Å². The number of carbonyl (C=O) groups excluding carboxylic acids is 2. The highest BCUT2D eigenvalue weighted by Gasteiger charge is 2.27. The van der Waals surface area contributed by atoms with Crippen LogP contribution in [0.3, 0.4) is 0 Å². The first-order chi connectivity index (χ1) is 22.0. The highest BCUT2D eigenvalue weighted by atomic mass is 31.2. The summed E-state index contributed by atoms with van der Waals surface area (Å²) in [5.74, 6) is -0.810. The second-order valence-electron chi connectivity index (χ2n) is 14.0. The van der Waals surface area contributed by atoms with Crippen LogP contribution in [-0.2, 0) is 32.7 Å². The minimum absolute atomic E-state index is 0.0356. The third-order valence-corrected chi connectivity index (χ3v) is 9.12. The fraction of sp³-hybridized carbons (Fsp3) is 0.944. The van der Waals surface area contributed by atoms with Gasteiger partial charge in [-0.2, -0.15) is 0 Å². The molecule has 0 aromatic heterocycles. The molecule has 0 saturated carbocycles. The molecule has 0 aliphatic rings. The predicted molar refractivity (Wildman–Crippen MR) is 188 cm³/mol. The molecule has 2 unspecified atom stereocenters. The van der Waals surface area contributed by atoms with Gasteiger partial charge in [-0.3, -0.25) is 18.6 Å². The average Bonchev–Trinajstić information content (AvgIpc) is 2.99. The van der Waals surface area contributed by atoms with Crippen molar-refractivity contribution in [3.63, 3.8) is 0 Å². The van der Waals surface area contributed by atoms with Crippen molar-refractivity contribution in [2.75, 3.05) is 47.5 Å². The molecule has 0 rings (SSSR count). The molecule has 2 atom stereocenters. The average molecular weight is 679 g/mol. The van der Waals surface area contributed by atoms with E-state index in [1.807, 2.05) is 21.1 Å². The largest absolute Gasteiger partial charge is 0.472 e. The van der Waals surface area contributed by atoms with Gasteiger partial charge < -0.3 is 18.9 Å². The Kier molecular flexibility index (Phi) is 29.4. The molecule has 1 N–H and O–H groups in total. The van der Waals surface area contributed by atoms with E-state index in [1.54, 1.807) is 0 Å². The number of rotatable bonds is 34. The Balaban J connectivity index is 4.17. The monoisotopic (exact) mass is 679 g/mol. The minimum Gasteiger partial charge on any atom is -0.462 e. The first kappa shape index (κ1) is 45.0. The molecular formula is C36H73NO8P+. The van der Waals surface area contributed by atoms with Gasteiger partial charge in [-0.1, -0.05) is 142 Å². The van der Waals surface area contributed by atoms with E-state index < -0.39 is 26.5 Å². The van der Waals surface area contributed by atoms with E-state index in [-0.39, 0.29) is 32.0 Å². The molecule has 10 heteroatoms. The fourth-order valence-corrected chi connectivity index (χ4v) is 5.87. The summed E-state index contributed by atoms with van der Waals surface area (Å²) in [7, 11) is 1.48. The number of nitrogens with zero attached hydrogens (tertiary/aromatic N) is 1. The van der Waals surface area contributed by atoms with E-state index in [9.17, 15) is 19.0 Å². The fourth-order valence-electron chi connectivity index (χ4n) is 5.13. The van der Waals surface area contributed by atoms with Crippen molar-refractivity contribution in [3.8, 4) is 0 Å². The van der Waals surface area contributed by atoms with Crippen LogP contribution in [0.1, 0.15) is 168 Å². The summed E-state index contributed by atoms with van der Waals surface area (Å²) in [6, 6.07) is 0. The van der Waals surface area contributed by atoms with E-state index >= 15 is 0 Å². The number of hydrogen-bond acceptors (Lipinski definition) is 7. The van der Waals surface area contributed by atoms with E-state index in [0.717, 1.165) is 44.9 Å². The van der Waals surface area contributed by atoms with Gasteiger partial charge in [-0.05, 0) is 12.8 Å². The molecule has 0 bridgehead atoms. The van der Waals surface area contributed by atoms with E-state index in [0.29, 0.717) is 11.0 Å². The molecule has 0 amide bonds. The van der Waals surface area contributed by atoms with Crippen LogP contribution < -0.4 is 0 Å². The standard InChI is InChI=1S/C36H72NO8P/c1-6-8-10-12-13-14-15-16-17-18-19-20-21-22-23-24-25-27-29-36(39)45-34(32-42-35(38)28-26-11-9-7-2)33-44-46(40,41)43-31-30-37(3,4)5/h34H,6-33H2,1-5H3/p+1. The molecule has 0 aromatic rings. The second-order valence-corrected chi connectivity index (χ2v) is 15.4. The number of hydrogen-bond donors (Lipinski definition) is 1. The Bertz CT molecular complexity index is 774. The Morgan fingerprint density at radius 2 is 0.978 bits per heavy atom. The summed E-state index contributed by atoms with van der Waals surface area (Å²) in [6.45, 7) is 4.30. The zero-order valence-electron chi connectivity index (χ0n) is 30.6. The minimum atomic E-state index is -4.35. The summed E-state index contributed by atoms with van der Waals surface area (Å²) in [5.41, 5.74) is 0. The van der Waals surface area contributed by atoms with Crippen molar-refractivity contribution in [2.45, 2.75) is 174 Å². The summed E-state index contributed by atoms with van der Waals surface area (Å²) in [5, 5.41) is 0. The number of phosphoric acid groups is 1. The lowest BCUT2D eigenvalue weighted by Crippen LogP contribution is -2.37. The number of unbranched alkanes of at least 4 members (excludes halogenated alkanes) is 20. The predicted octanol–water partition coefficient (Wildman–Crippen LogP) is 9.68. The van der Waals surface area contributed by atoms with Crippen LogP contribution in [0.15, 0.2) is 0 Å². The van der Waals surface area contributed by atoms with E-state index in [2.05, 4.69) is 13.8 Å². The van der Waals surface area contributed by atoms with Crippen LogP contribution in [0.5, 0.6) is 0 Å². The molecule has 0 aliphatic carbocycles.